The summed E-state index contributed by atoms with van der Waals surface area (Å²) in [6, 6.07) is 0.829. The molecule has 0 spiro atoms. The summed E-state index contributed by atoms with van der Waals surface area (Å²) < 4.78 is 0. The van der Waals surface area contributed by atoms with Crippen LogP contribution in [0.3, 0.4) is 0 Å². The van der Waals surface area contributed by atoms with Gasteiger partial charge in [-0.3, -0.25) is 4.90 Å². The Morgan fingerprint density at radius 2 is 1.89 bits per heavy atom. The zero-order valence-electron chi connectivity index (χ0n) is 13.2. The summed E-state index contributed by atoms with van der Waals surface area (Å²) in [4.78, 5) is 5.40. The molecule has 2 N–H and O–H groups in total. The lowest BCUT2D eigenvalue weighted by molar-refractivity contribution is 0.177. The number of rotatable bonds is 4. The minimum absolute atomic E-state index is 0.398. The van der Waals surface area contributed by atoms with E-state index >= 15 is 0 Å². The van der Waals surface area contributed by atoms with E-state index in [1.807, 2.05) is 0 Å². The van der Waals surface area contributed by atoms with Crippen LogP contribution in [0.4, 0.5) is 0 Å². The van der Waals surface area contributed by atoms with Gasteiger partial charge in [0, 0.05) is 19.1 Å². The molecular formula is C16H33N3. The van der Waals surface area contributed by atoms with Crippen LogP contribution in [0.5, 0.6) is 0 Å². The van der Waals surface area contributed by atoms with Crippen LogP contribution in [0, 0.1) is 11.3 Å². The summed E-state index contributed by atoms with van der Waals surface area (Å²) in [5.41, 5.74) is 6.40. The highest BCUT2D eigenvalue weighted by molar-refractivity contribution is 4.86. The fourth-order valence-corrected chi connectivity index (χ4v) is 3.90. The monoisotopic (exact) mass is 267 g/mol. The van der Waals surface area contributed by atoms with E-state index in [0.29, 0.717) is 11.3 Å². The molecule has 2 fully saturated rings. The zero-order chi connectivity index (χ0) is 13.9. The number of nitrogens with zero attached hydrogens (tertiary/aromatic N) is 2. The number of hydrogen-bond donors (Lipinski definition) is 1. The smallest absolute Gasteiger partial charge is 0.0223 e. The largest absolute Gasteiger partial charge is 0.330 e. The lowest BCUT2D eigenvalue weighted by Gasteiger charge is -2.31. The van der Waals surface area contributed by atoms with Crippen molar-refractivity contribution in [1.29, 1.82) is 0 Å². The maximum absolute atomic E-state index is 6.01. The maximum Gasteiger partial charge on any atom is 0.0223 e. The van der Waals surface area contributed by atoms with Crippen molar-refractivity contribution in [3.8, 4) is 0 Å². The van der Waals surface area contributed by atoms with Crippen molar-refractivity contribution in [1.82, 2.24) is 9.80 Å². The Kier molecular flexibility index (Phi) is 5.27. The summed E-state index contributed by atoms with van der Waals surface area (Å²) in [7, 11) is 0. The Hall–Kier alpha value is -0.120. The third kappa shape index (κ3) is 4.73. The average Bonchev–Trinajstić information content (AvgIpc) is 2.66. The summed E-state index contributed by atoms with van der Waals surface area (Å²) in [5, 5.41) is 0. The summed E-state index contributed by atoms with van der Waals surface area (Å²) in [6.45, 7) is 14.2. The molecule has 112 valence electrons. The fraction of sp³-hybridized carbons (Fsp3) is 1.00. The Morgan fingerprint density at radius 1 is 1.16 bits per heavy atom. The minimum Gasteiger partial charge on any atom is -0.330 e. The highest BCUT2D eigenvalue weighted by Gasteiger charge is 2.29. The van der Waals surface area contributed by atoms with E-state index in [2.05, 4.69) is 30.6 Å². The lowest BCUT2D eigenvalue weighted by Crippen LogP contribution is -2.40. The molecular weight excluding hydrogens is 234 g/mol. The quantitative estimate of drug-likeness (QED) is 0.847. The molecule has 0 bridgehead atoms. The summed E-state index contributed by atoms with van der Waals surface area (Å²) in [5.74, 6) is 0.660. The number of nitrogens with two attached hydrogens (primary N) is 1. The molecule has 19 heavy (non-hydrogen) atoms. The van der Waals surface area contributed by atoms with Gasteiger partial charge in [0.2, 0.25) is 0 Å². The van der Waals surface area contributed by atoms with Crippen LogP contribution in [-0.2, 0) is 0 Å². The van der Waals surface area contributed by atoms with Gasteiger partial charge in [-0.15, -0.1) is 0 Å². The predicted molar refractivity (Wildman–Crippen MR) is 82.3 cm³/mol. The van der Waals surface area contributed by atoms with Gasteiger partial charge in [0.25, 0.3) is 0 Å². The molecule has 0 amide bonds. The molecule has 0 aliphatic carbocycles. The normalized spacial score (nSPS) is 28.1. The Morgan fingerprint density at radius 3 is 2.58 bits per heavy atom. The van der Waals surface area contributed by atoms with Crippen molar-refractivity contribution in [2.75, 3.05) is 39.3 Å². The van der Waals surface area contributed by atoms with Crippen LogP contribution in [0.2, 0.25) is 0 Å². The molecule has 0 aromatic heterocycles. The van der Waals surface area contributed by atoms with Crippen LogP contribution in [0.15, 0.2) is 0 Å². The number of hydrogen-bond acceptors (Lipinski definition) is 3. The van der Waals surface area contributed by atoms with Crippen molar-refractivity contribution < 1.29 is 0 Å². The van der Waals surface area contributed by atoms with Gasteiger partial charge < -0.3 is 10.6 Å². The van der Waals surface area contributed by atoms with E-state index in [-0.39, 0.29) is 0 Å². The van der Waals surface area contributed by atoms with Crippen molar-refractivity contribution in [3.63, 3.8) is 0 Å². The third-order valence-corrected chi connectivity index (χ3v) is 4.64. The predicted octanol–water partition coefficient (Wildman–Crippen LogP) is 2.17. The minimum atomic E-state index is 0.398. The van der Waals surface area contributed by atoms with Gasteiger partial charge >= 0.3 is 0 Å². The van der Waals surface area contributed by atoms with Gasteiger partial charge in [-0.1, -0.05) is 20.8 Å². The molecule has 2 aliphatic heterocycles. The molecule has 2 atom stereocenters. The molecule has 2 aliphatic rings. The second-order valence-electron chi connectivity index (χ2n) is 7.81. The summed E-state index contributed by atoms with van der Waals surface area (Å²) >= 11 is 0. The first-order chi connectivity index (χ1) is 8.98. The fourth-order valence-electron chi connectivity index (χ4n) is 3.90. The van der Waals surface area contributed by atoms with Crippen molar-refractivity contribution >= 4 is 0 Å². The molecule has 2 heterocycles. The first-order valence-corrected chi connectivity index (χ1v) is 8.14. The van der Waals surface area contributed by atoms with E-state index in [1.165, 1.54) is 58.4 Å². The maximum atomic E-state index is 6.01. The molecule has 0 aromatic carbocycles. The van der Waals surface area contributed by atoms with Gasteiger partial charge in [-0.05, 0) is 63.2 Å². The van der Waals surface area contributed by atoms with E-state index < -0.39 is 0 Å². The molecule has 0 radical (unpaired) electrons. The molecule has 2 unspecified atom stereocenters. The van der Waals surface area contributed by atoms with Gasteiger partial charge in [0.05, 0.1) is 0 Å². The first kappa shape index (κ1) is 15.3. The Balaban J connectivity index is 1.86. The lowest BCUT2D eigenvalue weighted by atomic mass is 9.84. The Bertz CT molecular complexity index is 272. The molecule has 0 saturated carbocycles. The SMILES string of the molecule is CC(C)(C)CC(CN)CN1CCCN2CCCC2C1. The van der Waals surface area contributed by atoms with Gasteiger partial charge in [0.1, 0.15) is 0 Å². The van der Waals surface area contributed by atoms with Crippen molar-refractivity contribution in [2.24, 2.45) is 17.1 Å². The highest BCUT2D eigenvalue weighted by atomic mass is 15.3. The summed E-state index contributed by atoms with van der Waals surface area (Å²) in [6.07, 6.45) is 5.39. The van der Waals surface area contributed by atoms with Crippen molar-refractivity contribution in [3.05, 3.63) is 0 Å². The standard InChI is InChI=1S/C16H33N3/c1-16(2,3)10-14(11-17)12-18-7-5-9-19-8-4-6-15(19)13-18/h14-15H,4-13,17H2,1-3H3. The van der Waals surface area contributed by atoms with Gasteiger partial charge in [-0.2, -0.15) is 0 Å². The van der Waals surface area contributed by atoms with Gasteiger partial charge in [-0.25, -0.2) is 0 Å². The van der Waals surface area contributed by atoms with E-state index in [4.69, 9.17) is 5.73 Å². The van der Waals surface area contributed by atoms with E-state index in [9.17, 15) is 0 Å². The van der Waals surface area contributed by atoms with Crippen LogP contribution in [0.1, 0.15) is 46.5 Å². The second kappa shape index (κ2) is 6.55. The van der Waals surface area contributed by atoms with Crippen LogP contribution in [-0.4, -0.2) is 55.1 Å². The van der Waals surface area contributed by atoms with E-state index in [0.717, 1.165) is 12.6 Å². The zero-order valence-corrected chi connectivity index (χ0v) is 13.2. The van der Waals surface area contributed by atoms with Crippen LogP contribution < -0.4 is 5.73 Å². The number of fused-ring (bicyclic) bond motifs is 1. The topological polar surface area (TPSA) is 32.5 Å². The molecule has 0 aromatic rings. The van der Waals surface area contributed by atoms with E-state index in [1.54, 1.807) is 0 Å². The second-order valence-corrected chi connectivity index (χ2v) is 7.81. The molecule has 2 rings (SSSR count). The van der Waals surface area contributed by atoms with Crippen molar-refractivity contribution in [2.45, 2.75) is 52.5 Å². The average molecular weight is 267 g/mol. The highest BCUT2D eigenvalue weighted by Crippen LogP contribution is 2.26. The molecule has 3 nitrogen and oxygen atoms in total. The third-order valence-electron chi connectivity index (χ3n) is 4.64. The molecule has 3 heteroatoms. The first-order valence-electron chi connectivity index (χ1n) is 8.14. The molecule has 2 saturated heterocycles. The van der Waals surface area contributed by atoms with Crippen LogP contribution >= 0.6 is 0 Å². The Labute approximate surface area is 119 Å². The van der Waals surface area contributed by atoms with Gasteiger partial charge in [0.15, 0.2) is 0 Å². The van der Waals surface area contributed by atoms with Crippen LogP contribution in [0.25, 0.3) is 0 Å².